The van der Waals surface area contributed by atoms with Gasteiger partial charge in [-0.2, -0.15) is 0 Å². The Morgan fingerprint density at radius 3 is 2.40 bits per heavy atom. The number of hydrogen-bond donors (Lipinski definition) is 1. The van der Waals surface area contributed by atoms with Crippen molar-refractivity contribution >= 4 is 9.84 Å². The molecule has 1 fully saturated rings. The van der Waals surface area contributed by atoms with Crippen molar-refractivity contribution in [1.29, 1.82) is 0 Å². The average molecular weight is 235 g/mol. The van der Waals surface area contributed by atoms with Crippen LogP contribution in [-0.2, 0) is 9.84 Å². The van der Waals surface area contributed by atoms with E-state index in [0.717, 1.165) is 12.8 Å². The van der Waals surface area contributed by atoms with Gasteiger partial charge in [-0.15, -0.1) is 0 Å². The molecular formula is C10H21NO3S. The Balaban J connectivity index is 2.24. The Morgan fingerprint density at radius 2 is 1.93 bits per heavy atom. The maximum atomic E-state index is 11.2. The second-order valence-electron chi connectivity index (χ2n) is 4.42. The molecule has 1 rings (SSSR count). The fraction of sp³-hybridized carbons (Fsp3) is 1.00. The summed E-state index contributed by atoms with van der Waals surface area (Å²) >= 11 is 0. The van der Waals surface area contributed by atoms with Gasteiger partial charge in [-0.05, 0) is 6.42 Å². The Kier molecular flexibility index (Phi) is 4.14. The lowest BCUT2D eigenvalue weighted by Gasteiger charge is -2.46. The van der Waals surface area contributed by atoms with E-state index in [0.29, 0.717) is 19.6 Å². The van der Waals surface area contributed by atoms with Crippen LogP contribution in [0.2, 0.25) is 0 Å². The molecule has 0 aliphatic carbocycles. The van der Waals surface area contributed by atoms with E-state index >= 15 is 0 Å². The molecule has 0 unspecified atom stereocenters. The van der Waals surface area contributed by atoms with Crippen molar-refractivity contribution in [2.24, 2.45) is 0 Å². The van der Waals surface area contributed by atoms with Gasteiger partial charge in [0.2, 0.25) is 0 Å². The van der Waals surface area contributed by atoms with E-state index in [2.05, 4.69) is 0 Å². The second-order valence-corrected chi connectivity index (χ2v) is 6.89. The van der Waals surface area contributed by atoms with Crippen LogP contribution in [0.25, 0.3) is 0 Å². The first-order valence-electron chi connectivity index (χ1n) is 5.56. The highest BCUT2D eigenvalue weighted by molar-refractivity contribution is 7.91. The Morgan fingerprint density at radius 1 is 1.33 bits per heavy atom. The molecule has 15 heavy (non-hydrogen) atoms. The third-order valence-corrected chi connectivity index (χ3v) is 4.59. The summed E-state index contributed by atoms with van der Waals surface area (Å²) in [7, 11) is -2.86. The molecule has 1 aliphatic rings. The van der Waals surface area contributed by atoms with Crippen LogP contribution in [0.5, 0.6) is 0 Å². The van der Waals surface area contributed by atoms with Crippen LogP contribution < -0.4 is 0 Å². The molecule has 1 N–H and O–H groups in total. The minimum Gasteiger partial charge on any atom is -0.387 e. The van der Waals surface area contributed by atoms with Gasteiger partial charge < -0.3 is 5.11 Å². The monoisotopic (exact) mass is 235 g/mol. The van der Waals surface area contributed by atoms with Crippen LogP contribution in [0.3, 0.4) is 0 Å². The van der Waals surface area contributed by atoms with E-state index in [1.165, 1.54) is 0 Å². The zero-order chi connectivity index (χ0) is 11.5. The first-order valence-corrected chi connectivity index (χ1v) is 7.38. The van der Waals surface area contributed by atoms with Gasteiger partial charge in [-0.3, -0.25) is 4.90 Å². The third-order valence-electron chi connectivity index (χ3n) is 2.91. The molecule has 0 spiro atoms. The van der Waals surface area contributed by atoms with Crippen LogP contribution in [0.1, 0.15) is 26.7 Å². The summed E-state index contributed by atoms with van der Waals surface area (Å²) in [4.78, 5) is 2.00. The lowest BCUT2D eigenvalue weighted by molar-refractivity contribution is -0.100. The third kappa shape index (κ3) is 3.74. The molecule has 1 heterocycles. The number of β-amino-alcohol motifs (C(OH)–C–C–N with tert-alkyl or cyclic N) is 1. The molecule has 1 saturated heterocycles. The van der Waals surface area contributed by atoms with E-state index in [4.69, 9.17) is 0 Å². The summed E-state index contributed by atoms with van der Waals surface area (Å²) in [6.07, 6.45) is 1.78. The first kappa shape index (κ1) is 12.9. The summed E-state index contributed by atoms with van der Waals surface area (Å²) in [5, 5.41) is 9.88. The minimum absolute atomic E-state index is 0.208. The molecule has 0 aromatic carbocycles. The lowest BCUT2D eigenvalue weighted by Crippen LogP contribution is -2.62. The van der Waals surface area contributed by atoms with Crippen LogP contribution in [0, 0.1) is 0 Å². The maximum absolute atomic E-state index is 11.2. The number of likely N-dealkylation sites (tertiary alicyclic amines) is 1. The zero-order valence-electron chi connectivity index (χ0n) is 9.57. The van der Waals surface area contributed by atoms with E-state index in [-0.39, 0.29) is 11.5 Å². The topological polar surface area (TPSA) is 57.6 Å². The van der Waals surface area contributed by atoms with E-state index in [1.807, 2.05) is 11.8 Å². The Labute approximate surface area is 92.2 Å². The van der Waals surface area contributed by atoms with Gasteiger partial charge in [0.1, 0.15) is 0 Å². The first-order chi connectivity index (χ1) is 6.91. The van der Waals surface area contributed by atoms with Crippen LogP contribution in [0.15, 0.2) is 0 Å². The molecule has 0 aromatic heterocycles. The summed E-state index contributed by atoms with van der Waals surface area (Å²) in [5.41, 5.74) is -0.551. The highest BCUT2D eigenvalue weighted by Crippen LogP contribution is 2.25. The van der Waals surface area contributed by atoms with E-state index in [1.54, 1.807) is 6.92 Å². The molecule has 1 aliphatic heterocycles. The van der Waals surface area contributed by atoms with Gasteiger partial charge in [-0.1, -0.05) is 20.3 Å². The van der Waals surface area contributed by atoms with E-state index in [9.17, 15) is 13.5 Å². The van der Waals surface area contributed by atoms with Crippen LogP contribution in [0.4, 0.5) is 0 Å². The van der Waals surface area contributed by atoms with Crippen molar-refractivity contribution < 1.29 is 13.5 Å². The average Bonchev–Trinajstić information content (AvgIpc) is 2.12. The van der Waals surface area contributed by atoms with Crippen molar-refractivity contribution in [3.05, 3.63) is 0 Å². The molecule has 4 nitrogen and oxygen atoms in total. The van der Waals surface area contributed by atoms with Crippen molar-refractivity contribution in [3.8, 4) is 0 Å². The molecular weight excluding hydrogens is 214 g/mol. The molecule has 0 aromatic rings. The van der Waals surface area contributed by atoms with Gasteiger partial charge in [0.05, 0.1) is 11.4 Å². The fourth-order valence-corrected chi connectivity index (χ4v) is 2.81. The largest absolute Gasteiger partial charge is 0.387 e. The molecule has 90 valence electrons. The number of nitrogens with zero attached hydrogens (tertiary/aromatic N) is 1. The lowest BCUT2D eigenvalue weighted by atomic mass is 9.89. The molecule has 5 heteroatoms. The van der Waals surface area contributed by atoms with Crippen molar-refractivity contribution in [2.45, 2.75) is 32.3 Å². The maximum Gasteiger partial charge on any atom is 0.151 e. The quantitative estimate of drug-likeness (QED) is 0.718. The summed E-state index contributed by atoms with van der Waals surface area (Å²) in [6, 6.07) is 0. The fourth-order valence-electron chi connectivity index (χ4n) is 1.98. The standard InChI is InChI=1S/C10H21NO3S/c1-3-5-10(12)8-11(9-10)6-7-15(13,14)4-2/h12H,3-9H2,1-2H3. The molecule has 0 atom stereocenters. The van der Waals surface area contributed by atoms with Gasteiger partial charge in [0, 0.05) is 25.4 Å². The summed E-state index contributed by atoms with van der Waals surface area (Å²) in [6.45, 7) is 5.52. The molecule has 0 radical (unpaired) electrons. The Hall–Kier alpha value is -0.130. The zero-order valence-corrected chi connectivity index (χ0v) is 10.4. The highest BCUT2D eigenvalue weighted by Gasteiger charge is 2.39. The second kappa shape index (κ2) is 4.80. The summed E-state index contributed by atoms with van der Waals surface area (Å²) < 4.78 is 22.5. The molecule has 0 bridgehead atoms. The van der Waals surface area contributed by atoms with Crippen molar-refractivity contribution in [2.75, 3.05) is 31.1 Å². The summed E-state index contributed by atoms with van der Waals surface area (Å²) in [5.74, 6) is 0.422. The van der Waals surface area contributed by atoms with Crippen LogP contribution in [-0.4, -0.2) is 55.2 Å². The van der Waals surface area contributed by atoms with Crippen molar-refractivity contribution in [3.63, 3.8) is 0 Å². The number of sulfone groups is 1. The van der Waals surface area contributed by atoms with Gasteiger partial charge in [-0.25, -0.2) is 8.42 Å². The van der Waals surface area contributed by atoms with Crippen molar-refractivity contribution in [1.82, 2.24) is 4.90 Å². The number of hydrogen-bond acceptors (Lipinski definition) is 4. The van der Waals surface area contributed by atoms with Gasteiger partial charge >= 0.3 is 0 Å². The normalized spacial score (nSPS) is 21.3. The predicted octanol–water partition coefficient (Wildman–Crippen LogP) is 0.268. The highest BCUT2D eigenvalue weighted by atomic mass is 32.2. The predicted molar refractivity (Wildman–Crippen MR) is 60.6 cm³/mol. The Bertz CT molecular complexity index is 294. The van der Waals surface area contributed by atoms with E-state index < -0.39 is 15.4 Å². The SMILES string of the molecule is CCCC1(O)CN(CCS(=O)(=O)CC)C1. The smallest absolute Gasteiger partial charge is 0.151 e. The van der Waals surface area contributed by atoms with Gasteiger partial charge in [0.25, 0.3) is 0 Å². The molecule has 0 saturated carbocycles. The number of aliphatic hydroxyl groups is 1. The van der Waals surface area contributed by atoms with Crippen LogP contribution >= 0.6 is 0 Å². The number of rotatable bonds is 6. The molecule has 0 amide bonds. The minimum atomic E-state index is -2.86. The van der Waals surface area contributed by atoms with Gasteiger partial charge in [0.15, 0.2) is 9.84 Å².